The number of hydrogen-bond donors (Lipinski definition) is 1. The first-order valence-corrected chi connectivity index (χ1v) is 14.7. The maximum atomic E-state index is 13.3. The van der Waals surface area contributed by atoms with E-state index in [2.05, 4.69) is 9.99 Å². The third-order valence-electron chi connectivity index (χ3n) is 5.89. The van der Waals surface area contributed by atoms with E-state index < -0.39 is 16.6 Å². The molecular formula is C20H32ClN2O6PSi. The Morgan fingerprint density at radius 2 is 1.74 bits per heavy atom. The lowest BCUT2D eigenvalue weighted by Gasteiger charge is -2.41. The van der Waals surface area contributed by atoms with Crippen LogP contribution in [0.5, 0.6) is 0 Å². The minimum Gasteiger partial charge on any atom is -0.372 e. The fraction of sp³-hybridized carbons (Fsp3) is 0.700. The van der Waals surface area contributed by atoms with Gasteiger partial charge in [0, 0.05) is 42.7 Å². The Bertz CT molecular complexity index is 772. The predicted molar refractivity (Wildman–Crippen MR) is 120 cm³/mol. The maximum absolute atomic E-state index is 13.3. The topological polar surface area (TPSA) is 78.5 Å². The molecule has 0 radical (unpaired) electrons. The van der Waals surface area contributed by atoms with Crippen LogP contribution in [0.3, 0.4) is 0 Å². The van der Waals surface area contributed by atoms with Crippen LogP contribution in [0.1, 0.15) is 31.9 Å². The van der Waals surface area contributed by atoms with E-state index in [1.54, 1.807) is 0 Å². The smallest absolute Gasteiger partial charge is 0.372 e. The molecule has 1 aromatic carbocycles. The van der Waals surface area contributed by atoms with Crippen molar-refractivity contribution in [2.24, 2.45) is 5.41 Å². The molecule has 0 spiro atoms. The van der Waals surface area contributed by atoms with Crippen LogP contribution in [-0.2, 0) is 26.9 Å². The minimum atomic E-state index is -3.44. The number of hydrogen-bond acceptors (Lipinski definition) is 7. The molecule has 1 aromatic rings. The normalized spacial score (nSPS) is 35.8. The predicted octanol–water partition coefficient (Wildman–Crippen LogP) is 3.86. The Kier molecular flexibility index (Phi) is 7.60. The van der Waals surface area contributed by atoms with E-state index in [1.807, 2.05) is 38.1 Å². The van der Waals surface area contributed by atoms with Gasteiger partial charge in [0.05, 0.1) is 26.4 Å². The van der Waals surface area contributed by atoms with Crippen molar-refractivity contribution < 1.29 is 26.9 Å². The van der Waals surface area contributed by atoms with E-state index >= 15 is 0 Å². The average molecular weight is 491 g/mol. The second-order valence-electron chi connectivity index (χ2n) is 8.88. The van der Waals surface area contributed by atoms with Gasteiger partial charge in [-0.05, 0) is 24.1 Å². The van der Waals surface area contributed by atoms with Gasteiger partial charge in [0.2, 0.25) is 0 Å². The van der Waals surface area contributed by atoms with Gasteiger partial charge in [-0.1, -0.05) is 37.6 Å². The van der Waals surface area contributed by atoms with Gasteiger partial charge < -0.3 is 13.3 Å². The van der Waals surface area contributed by atoms with Gasteiger partial charge >= 0.3 is 16.6 Å². The molecule has 8 nitrogen and oxygen atoms in total. The number of rotatable bonds is 6. The molecule has 11 heteroatoms. The van der Waals surface area contributed by atoms with Crippen molar-refractivity contribution in [2.45, 2.75) is 32.4 Å². The summed E-state index contributed by atoms with van der Waals surface area (Å²) < 4.78 is 43.1. The SMILES string of the molecule is CC1(C)COP(=O)(NCCC[Si]23OCCN(CCO2)CCO3)OC1c1ccc(Cl)cc1. The molecule has 0 saturated carbocycles. The van der Waals surface area contributed by atoms with E-state index in [-0.39, 0.29) is 11.5 Å². The van der Waals surface area contributed by atoms with Crippen molar-refractivity contribution in [2.75, 3.05) is 52.6 Å². The van der Waals surface area contributed by atoms with E-state index in [4.69, 9.17) is 33.9 Å². The van der Waals surface area contributed by atoms with E-state index in [9.17, 15) is 4.57 Å². The summed E-state index contributed by atoms with van der Waals surface area (Å²) in [5.41, 5.74) is 0.607. The Labute approximate surface area is 190 Å². The molecular weight excluding hydrogens is 459 g/mol. The Morgan fingerprint density at radius 3 is 2.35 bits per heavy atom. The second-order valence-corrected chi connectivity index (χ2v) is 13.8. The van der Waals surface area contributed by atoms with Gasteiger partial charge in [0.25, 0.3) is 0 Å². The lowest BCUT2D eigenvalue weighted by Crippen LogP contribution is -2.55. The Hall–Kier alpha value is -0.323. The van der Waals surface area contributed by atoms with Crippen molar-refractivity contribution in [3.8, 4) is 0 Å². The Morgan fingerprint density at radius 1 is 1.13 bits per heavy atom. The van der Waals surface area contributed by atoms with E-state index in [0.29, 0.717) is 50.5 Å². The largest absolute Gasteiger partial charge is 0.501 e. The quantitative estimate of drug-likeness (QED) is 0.366. The van der Waals surface area contributed by atoms with E-state index in [1.165, 1.54) is 0 Å². The summed E-state index contributed by atoms with van der Waals surface area (Å²) in [7, 11) is -6.12. The first-order valence-electron chi connectivity index (χ1n) is 10.9. The van der Waals surface area contributed by atoms with Crippen molar-refractivity contribution >= 4 is 28.2 Å². The van der Waals surface area contributed by atoms with Gasteiger partial charge in [0.15, 0.2) is 0 Å². The number of fused-ring (bicyclic) bond motifs is 6. The molecule has 0 amide bonds. The zero-order valence-corrected chi connectivity index (χ0v) is 20.8. The van der Waals surface area contributed by atoms with Crippen molar-refractivity contribution in [1.29, 1.82) is 0 Å². The lowest BCUT2D eigenvalue weighted by molar-refractivity contribution is -0.0302. The molecule has 0 aliphatic carbocycles. The van der Waals surface area contributed by atoms with Crippen LogP contribution >= 0.6 is 19.3 Å². The summed E-state index contributed by atoms with van der Waals surface area (Å²) >= 11 is 6.02. The van der Waals surface area contributed by atoms with Crippen LogP contribution in [0.15, 0.2) is 24.3 Å². The number of nitrogens with zero attached hydrogens (tertiary/aromatic N) is 1. The molecule has 5 rings (SSSR count). The van der Waals surface area contributed by atoms with Gasteiger partial charge in [0.1, 0.15) is 6.10 Å². The highest BCUT2D eigenvalue weighted by molar-refractivity contribution is 7.51. The van der Waals surface area contributed by atoms with Crippen LogP contribution in [0, 0.1) is 5.41 Å². The van der Waals surface area contributed by atoms with Crippen LogP contribution in [0.2, 0.25) is 11.1 Å². The summed E-state index contributed by atoms with van der Waals surface area (Å²) in [6.45, 7) is 9.49. The third-order valence-corrected chi connectivity index (χ3v) is 10.6. The fourth-order valence-corrected chi connectivity index (χ4v) is 8.53. The van der Waals surface area contributed by atoms with Gasteiger partial charge in [-0.3, -0.25) is 13.9 Å². The molecule has 174 valence electrons. The highest BCUT2D eigenvalue weighted by Gasteiger charge is 2.46. The van der Waals surface area contributed by atoms with E-state index in [0.717, 1.165) is 25.2 Å². The number of nitrogens with one attached hydrogen (secondary N) is 1. The molecule has 1 N–H and O–H groups in total. The van der Waals surface area contributed by atoms with Crippen LogP contribution < -0.4 is 5.09 Å². The molecule has 2 atom stereocenters. The molecule has 2 unspecified atom stereocenters. The van der Waals surface area contributed by atoms with Gasteiger partial charge in [-0.15, -0.1) is 0 Å². The highest BCUT2D eigenvalue weighted by Crippen LogP contribution is 2.58. The molecule has 4 saturated heterocycles. The van der Waals surface area contributed by atoms with Crippen molar-refractivity contribution in [3.63, 3.8) is 0 Å². The number of benzene rings is 1. The number of halogens is 1. The zero-order valence-electron chi connectivity index (χ0n) is 18.2. The molecule has 4 heterocycles. The first-order chi connectivity index (χ1) is 14.8. The first kappa shape index (κ1) is 23.8. The standard InChI is InChI=1S/C20H32ClN2O6PSi/c1-20(2)16-25-30(24,29-19(20)17-4-6-18(21)7-5-17)22-8-3-15-31-26-12-9-23(10-13-27-31)11-14-28-31/h4-7,19H,3,8-16H2,1-2H3,(H,22,24). The minimum absolute atomic E-state index is 0.323. The molecule has 2 bridgehead atoms. The maximum Gasteiger partial charge on any atom is 0.501 e. The molecule has 4 aliphatic rings. The van der Waals surface area contributed by atoms with Crippen LogP contribution in [0.4, 0.5) is 0 Å². The fourth-order valence-electron chi connectivity index (χ4n) is 4.06. The monoisotopic (exact) mass is 490 g/mol. The summed E-state index contributed by atoms with van der Waals surface area (Å²) in [6, 6.07) is 8.12. The summed E-state index contributed by atoms with van der Waals surface area (Å²) in [5.74, 6) is 0. The van der Waals surface area contributed by atoms with Crippen molar-refractivity contribution in [1.82, 2.24) is 9.99 Å². The summed E-state index contributed by atoms with van der Waals surface area (Å²) in [4.78, 5) is 2.29. The average Bonchev–Trinajstić information content (AvgIpc) is 2.69. The van der Waals surface area contributed by atoms with Gasteiger partial charge in [-0.2, -0.15) is 0 Å². The summed E-state index contributed by atoms with van der Waals surface area (Å²) in [5, 5.41) is 3.67. The lowest BCUT2D eigenvalue weighted by atomic mass is 9.83. The highest BCUT2D eigenvalue weighted by atomic mass is 35.5. The zero-order chi connectivity index (χ0) is 22.0. The van der Waals surface area contributed by atoms with Crippen LogP contribution in [-0.4, -0.2) is 66.3 Å². The molecule has 4 aliphatic heterocycles. The molecule has 31 heavy (non-hydrogen) atoms. The van der Waals surface area contributed by atoms with Crippen molar-refractivity contribution in [3.05, 3.63) is 34.9 Å². The summed E-state index contributed by atoms with van der Waals surface area (Å²) in [6.07, 6.45) is 0.334. The van der Waals surface area contributed by atoms with Crippen LogP contribution in [0.25, 0.3) is 0 Å². The molecule has 0 aromatic heterocycles. The van der Waals surface area contributed by atoms with Gasteiger partial charge in [-0.25, -0.2) is 9.65 Å². The third kappa shape index (κ3) is 5.98. The second kappa shape index (κ2) is 9.89. The molecule has 4 fully saturated rings. The Balaban J connectivity index is 1.33.